The highest BCUT2D eigenvalue weighted by atomic mass is 15.1. The second-order valence-electron chi connectivity index (χ2n) is 9.66. The molecule has 4 heteroatoms. The smallest absolute Gasteiger partial charge is 0.164 e. The average molecular weight is 475 g/mol. The van der Waals surface area contributed by atoms with Gasteiger partial charge in [0.05, 0.1) is 11.6 Å². The van der Waals surface area contributed by atoms with Crippen LogP contribution in [0.15, 0.2) is 115 Å². The zero-order valence-corrected chi connectivity index (χ0v) is 20.0. The largest absolute Gasteiger partial charge is 0.332 e. The van der Waals surface area contributed by atoms with Gasteiger partial charge in [0.15, 0.2) is 17.5 Å². The van der Waals surface area contributed by atoms with E-state index in [1.807, 2.05) is 36.4 Å². The molecular formula is C33H22N4. The summed E-state index contributed by atoms with van der Waals surface area (Å²) in [6, 6.07) is 36.0. The summed E-state index contributed by atoms with van der Waals surface area (Å²) in [5.41, 5.74) is 8.43. The van der Waals surface area contributed by atoms with E-state index >= 15 is 0 Å². The molecular weight excluding hydrogens is 452 g/mol. The van der Waals surface area contributed by atoms with E-state index in [1.165, 1.54) is 32.9 Å². The maximum Gasteiger partial charge on any atom is 0.164 e. The van der Waals surface area contributed by atoms with Crippen LogP contribution in [0.2, 0.25) is 0 Å². The molecule has 37 heavy (non-hydrogen) atoms. The molecule has 1 atom stereocenters. The topological polar surface area (TPSA) is 43.6 Å². The van der Waals surface area contributed by atoms with Crippen molar-refractivity contribution in [3.8, 4) is 22.8 Å². The van der Waals surface area contributed by atoms with Crippen molar-refractivity contribution in [3.05, 3.63) is 127 Å². The Kier molecular flexibility index (Phi) is 4.31. The number of fused-ring (bicyclic) bond motifs is 6. The maximum atomic E-state index is 4.99. The first-order valence-corrected chi connectivity index (χ1v) is 12.7. The average Bonchev–Trinajstić information content (AvgIpc) is 3.50. The van der Waals surface area contributed by atoms with Crippen molar-refractivity contribution < 1.29 is 0 Å². The van der Waals surface area contributed by atoms with Gasteiger partial charge >= 0.3 is 0 Å². The normalized spacial score (nSPS) is 16.1. The summed E-state index contributed by atoms with van der Waals surface area (Å²) in [4.78, 5) is 14.8. The van der Waals surface area contributed by atoms with Gasteiger partial charge in [0.25, 0.3) is 0 Å². The molecule has 4 aromatic carbocycles. The van der Waals surface area contributed by atoms with E-state index < -0.39 is 0 Å². The van der Waals surface area contributed by atoms with Gasteiger partial charge in [-0.05, 0) is 17.2 Å². The number of para-hydroxylation sites is 2. The number of hydrogen-bond acceptors (Lipinski definition) is 3. The quantitative estimate of drug-likeness (QED) is 0.263. The fourth-order valence-electron chi connectivity index (χ4n) is 5.91. The second-order valence-corrected chi connectivity index (χ2v) is 9.66. The summed E-state index contributed by atoms with van der Waals surface area (Å²) < 4.78 is 2.52. The first-order chi connectivity index (χ1) is 18.3. The van der Waals surface area contributed by atoms with Crippen molar-refractivity contribution in [2.45, 2.75) is 12.5 Å². The fourth-order valence-corrected chi connectivity index (χ4v) is 5.91. The minimum atomic E-state index is 0.219. The minimum absolute atomic E-state index is 0.219. The molecule has 1 unspecified atom stereocenters. The molecule has 0 spiro atoms. The van der Waals surface area contributed by atoms with Crippen LogP contribution < -0.4 is 0 Å². The molecule has 0 radical (unpaired) electrons. The molecule has 2 aliphatic rings. The molecule has 0 fully saturated rings. The predicted molar refractivity (Wildman–Crippen MR) is 150 cm³/mol. The van der Waals surface area contributed by atoms with E-state index in [0.29, 0.717) is 11.6 Å². The Bertz CT molecular complexity index is 1840. The van der Waals surface area contributed by atoms with Crippen LogP contribution in [0.4, 0.5) is 0 Å². The van der Waals surface area contributed by atoms with Gasteiger partial charge in [-0.1, -0.05) is 109 Å². The molecule has 1 aliphatic carbocycles. The lowest BCUT2D eigenvalue weighted by molar-refractivity contribution is 0.690. The van der Waals surface area contributed by atoms with Crippen molar-refractivity contribution in [1.82, 2.24) is 19.5 Å². The van der Waals surface area contributed by atoms with Gasteiger partial charge in [-0.2, -0.15) is 0 Å². The number of nitrogens with zero attached hydrogens (tertiary/aromatic N) is 4. The molecule has 2 aromatic heterocycles. The number of aromatic nitrogens is 4. The van der Waals surface area contributed by atoms with Gasteiger partial charge in [0, 0.05) is 39.4 Å². The molecule has 1 aliphatic heterocycles. The zero-order chi connectivity index (χ0) is 24.3. The van der Waals surface area contributed by atoms with Crippen LogP contribution in [0.1, 0.15) is 23.9 Å². The summed E-state index contributed by atoms with van der Waals surface area (Å²) in [5, 5.41) is 2.63. The first-order valence-electron chi connectivity index (χ1n) is 12.7. The highest BCUT2D eigenvalue weighted by Crippen LogP contribution is 2.50. The van der Waals surface area contributed by atoms with Crippen molar-refractivity contribution in [2.75, 3.05) is 0 Å². The molecule has 0 bridgehead atoms. The van der Waals surface area contributed by atoms with E-state index in [0.717, 1.165) is 28.9 Å². The van der Waals surface area contributed by atoms with Crippen molar-refractivity contribution in [3.63, 3.8) is 0 Å². The minimum Gasteiger partial charge on any atom is -0.332 e. The lowest BCUT2D eigenvalue weighted by Crippen LogP contribution is -2.11. The second kappa shape index (κ2) is 7.84. The lowest BCUT2D eigenvalue weighted by Gasteiger charge is -2.22. The van der Waals surface area contributed by atoms with Gasteiger partial charge in [-0.25, -0.2) is 15.0 Å². The van der Waals surface area contributed by atoms with Crippen LogP contribution in [-0.2, 0) is 0 Å². The summed E-state index contributed by atoms with van der Waals surface area (Å²) in [7, 11) is 0. The van der Waals surface area contributed by atoms with Crippen LogP contribution in [-0.4, -0.2) is 19.5 Å². The Hall–Kier alpha value is -4.83. The number of allylic oxidation sites excluding steroid dienone is 4. The van der Waals surface area contributed by atoms with Crippen LogP contribution >= 0.6 is 0 Å². The fraction of sp³-hybridized carbons (Fsp3) is 0.0606. The van der Waals surface area contributed by atoms with Crippen LogP contribution in [0.25, 0.3) is 55.7 Å². The molecule has 0 N–H and O–H groups in total. The molecule has 4 nitrogen and oxygen atoms in total. The molecule has 0 saturated carbocycles. The van der Waals surface area contributed by atoms with Gasteiger partial charge in [0.2, 0.25) is 0 Å². The summed E-state index contributed by atoms with van der Waals surface area (Å²) >= 11 is 0. The summed E-state index contributed by atoms with van der Waals surface area (Å²) in [5.74, 6) is 2.14. The van der Waals surface area contributed by atoms with E-state index in [4.69, 9.17) is 15.0 Å². The van der Waals surface area contributed by atoms with Crippen molar-refractivity contribution in [1.29, 1.82) is 0 Å². The van der Waals surface area contributed by atoms with Crippen LogP contribution in [0, 0.1) is 0 Å². The van der Waals surface area contributed by atoms with Crippen molar-refractivity contribution in [2.24, 2.45) is 0 Å². The zero-order valence-electron chi connectivity index (χ0n) is 20.0. The molecule has 0 amide bonds. The Morgan fingerprint density at radius 2 is 1.19 bits per heavy atom. The molecule has 3 heterocycles. The predicted octanol–water partition coefficient (Wildman–Crippen LogP) is 7.74. The van der Waals surface area contributed by atoms with E-state index in [9.17, 15) is 0 Å². The van der Waals surface area contributed by atoms with Crippen LogP contribution in [0.3, 0.4) is 0 Å². The Labute approximate surface area is 214 Å². The number of rotatable bonds is 3. The first kappa shape index (κ1) is 20.4. The lowest BCUT2D eigenvalue weighted by atomic mass is 9.90. The van der Waals surface area contributed by atoms with Gasteiger partial charge in [-0.3, -0.25) is 0 Å². The molecule has 8 rings (SSSR count). The van der Waals surface area contributed by atoms with Crippen LogP contribution in [0.5, 0.6) is 0 Å². The summed E-state index contributed by atoms with van der Waals surface area (Å²) in [6.45, 7) is 0. The van der Waals surface area contributed by atoms with Gasteiger partial charge in [0.1, 0.15) is 0 Å². The third-order valence-corrected chi connectivity index (χ3v) is 7.58. The summed E-state index contributed by atoms with van der Waals surface area (Å²) in [6.07, 6.45) is 5.31. The third kappa shape index (κ3) is 3.06. The van der Waals surface area contributed by atoms with Gasteiger partial charge in [-0.15, -0.1) is 0 Å². The number of hydrogen-bond donors (Lipinski definition) is 0. The van der Waals surface area contributed by atoms with E-state index in [1.54, 1.807) is 0 Å². The third-order valence-electron chi connectivity index (χ3n) is 7.58. The van der Waals surface area contributed by atoms with Crippen molar-refractivity contribution >= 4 is 33.0 Å². The Morgan fingerprint density at radius 1 is 0.568 bits per heavy atom. The highest BCUT2D eigenvalue weighted by molar-refractivity contribution is 6.14. The SMILES string of the molecule is C1=C(c2nc(-c3ccccc3)nc(-c3ccccc3)n2)CC2C(=C1)c1cccc3c4ccccc4n2c13. The number of benzene rings is 4. The Balaban J connectivity index is 1.29. The standard InChI is InChI=1S/C33H22N4/c1-3-10-21(11-4-1)31-34-32(22-12-5-2-6-13-22)36-33(35-31)23-18-19-25-27-16-9-15-26-24-14-7-8-17-28(24)37(30(26)27)29(25)20-23/h1-19,29H,20H2. The molecule has 0 saturated heterocycles. The molecule has 174 valence electrons. The van der Waals surface area contributed by atoms with Gasteiger partial charge < -0.3 is 4.57 Å². The molecule has 6 aromatic rings. The maximum absolute atomic E-state index is 4.99. The Morgan fingerprint density at radius 3 is 1.92 bits per heavy atom. The van der Waals surface area contributed by atoms with E-state index in [-0.39, 0.29) is 6.04 Å². The van der Waals surface area contributed by atoms with E-state index in [2.05, 4.69) is 83.4 Å². The highest BCUT2D eigenvalue weighted by Gasteiger charge is 2.34. The monoisotopic (exact) mass is 474 g/mol.